The van der Waals surface area contributed by atoms with Crippen LogP contribution in [0.2, 0.25) is 0 Å². The lowest BCUT2D eigenvalue weighted by molar-refractivity contribution is -0.134. The molecule has 2 aromatic carbocycles. The summed E-state index contributed by atoms with van der Waals surface area (Å²) in [5.74, 6) is 0.798. The molecule has 3 aromatic rings. The maximum Gasteiger partial charge on any atom is 0.350 e. The van der Waals surface area contributed by atoms with E-state index in [9.17, 15) is 9.59 Å². The highest BCUT2D eigenvalue weighted by atomic mass is 16.2. The minimum Gasteiger partial charge on any atom is -0.341 e. The van der Waals surface area contributed by atoms with Gasteiger partial charge in [0.25, 0.3) is 0 Å². The van der Waals surface area contributed by atoms with Gasteiger partial charge in [-0.2, -0.15) is 5.10 Å². The molecular weight excluding hydrogens is 376 g/mol. The van der Waals surface area contributed by atoms with E-state index in [-0.39, 0.29) is 23.4 Å². The first kappa shape index (κ1) is 20.1. The number of nitrogens with zero attached hydrogens (tertiary/aromatic N) is 4. The highest BCUT2D eigenvalue weighted by Gasteiger charge is 2.32. The third kappa shape index (κ3) is 3.82. The molecule has 6 nitrogen and oxygen atoms in total. The predicted octanol–water partition coefficient (Wildman–Crippen LogP) is 3.47. The Labute approximate surface area is 176 Å². The van der Waals surface area contributed by atoms with Crippen LogP contribution >= 0.6 is 0 Å². The molecule has 0 saturated carbocycles. The van der Waals surface area contributed by atoms with Crippen LogP contribution in [-0.2, 0) is 11.8 Å². The Morgan fingerprint density at radius 3 is 2.43 bits per heavy atom. The van der Waals surface area contributed by atoms with Crippen molar-refractivity contribution in [2.24, 2.45) is 7.05 Å². The summed E-state index contributed by atoms with van der Waals surface area (Å²) in [5.41, 5.74) is 1.71. The molecule has 1 fully saturated rings. The summed E-state index contributed by atoms with van der Waals surface area (Å²) in [6, 6.07) is 19.6. The van der Waals surface area contributed by atoms with Gasteiger partial charge in [-0.1, -0.05) is 55.5 Å². The number of amides is 1. The van der Waals surface area contributed by atoms with Crippen LogP contribution in [0, 0.1) is 0 Å². The highest BCUT2D eigenvalue weighted by molar-refractivity contribution is 5.83. The fourth-order valence-corrected chi connectivity index (χ4v) is 4.41. The number of hydrogen-bond acceptors (Lipinski definition) is 3. The number of carbonyl (C=O) groups excluding carboxylic acids is 1. The molecule has 1 amide bonds. The zero-order valence-corrected chi connectivity index (χ0v) is 17.6. The van der Waals surface area contributed by atoms with Crippen molar-refractivity contribution in [3.8, 4) is 5.69 Å². The Bertz CT molecular complexity index is 1060. The second kappa shape index (κ2) is 8.69. The van der Waals surface area contributed by atoms with Crippen molar-refractivity contribution < 1.29 is 4.79 Å². The topological polar surface area (TPSA) is 60.1 Å². The van der Waals surface area contributed by atoms with Crippen molar-refractivity contribution in [1.29, 1.82) is 0 Å². The van der Waals surface area contributed by atoms with Gasteiger partial charge in [0.1, 0.15) is 5.82 Å². The van der Waals surface area contributed by atoms with Gasteiger partial charge in [-0.3, -0.25) is 4.79 Å². The van der Waals surface area contributed by atoms with Crippen molar-refractivity contribution in [3.63, 3.8) is 0 Å². The first-order valence-corrected chi connectivity index (χ1v) is 10.6. The third-order valence-corrected chi connectivity index (χ3v) is 5.97. The van der Waals surface area contributed by atoms with Crippen molar-refractivity contribution in [2.75, 3.05) is 13.1 Å². The lowest BCUT2D eigenvalue weighted by Gasteiger charge is -2.34. The summed E-state index contributed by atoms with van der Waals surface area (Å²) in [4.78, 5) is 28.1. The number of carbonyl (C=O) groups is 1. The third-order valence-electron chi connectivity index (χ3n) is 5.97. The number of aryl methyl sites for hydroxylation is 1. The van der Waals surface area contributed by atoms with Crippen LogP contribution in [0.15, 0.2) is 65.5 Å². The van der Waals surface area contributed by atoms with E-state index >= 15 is 0 Å². The summed E-state index contributed by atoms with van der Waals surface area (Å²) >= 11 is 0. The van der Waals surface area contributed by atoms with Crippen LogP contribution in [0.3, 0.4) is 0 Å². The average Bonchev–Trinajstić information content (AvgIpc) is 3.10. The standard InChI is InChI=1S/C24H28N4O2/c1-3-21(18-11-6-4-7-12-18)23(29)27-16-10-13-19(17-27)22-25-26(2)24(30)28(22)20-14-8-5-9-15-20/h4-9,11-12,14-15,19,21H,3,10,13,16-17H2,1-2H3. The molecule has 30 heavy (non-hydrogen) atoms. The van der Waals surface area contributed by atoms with Crippen LogP contribution in [0.5, 0.6) is 0 Å². The molecule has 0 bridgehead atoms. The Morgan fingerprint density at radius 1 is 1.10 bits per heavy atom. The summed E-state index contributed by atoms with van der Waals surface area (Å²) in [7, 11) is 1.68. The molecule has 0 aliphatic carbocycles. The minimum atomic E-state index is -0.157. The first-order valence-electron chi connectivity index (χ1n) is 10.6. The van der Waals surface area contributed by atoms with Gasteiger partial charge in [0.2, 0.25) is 5.91 Å². The number of para-hydroxylation sites is 1. The number of rotatable bonds is 5. The van der Waals surface area contributed by atoms with Gasteiger partial charge >= 0.3 is 5.69 Å². The fraction of sp³-hybridized carbons (Fsp3) is 0.375. The Balaban J connectivity index is 1.62. The lowest BCUT2D eigenvalue weighted by atomic mass is 9.91. The monoisotopic (exact) mass is 404 g/mol. The van der Waals surface area contributed by atoms with Gasteiger partial charge in [-0.25, -0.2) is 14.0 Å². The van der Waals surface area contributed by atoms with Crippen molar-refractivity contribution in [3.05, 3.63) is 82.5 Å². The van der Waals surface area contributed by atoms with E-state index in [1.807, 2.05) is 65.6 Å². The van der Waals surface area contributed by atoms with Gasteiger partial charge < -0.3 is 4.90 Å². The number of hydrogen-bond donors (Lipinski definition) is 0. The first-order chi connectivity index (χ1) is 14.6. The molecule has 0 spiro atoms. The van der Waals surface area contributed by atoms with E-state index < -0.39 is 0 Å². The summed E-state index contributed by atoms with van der Waals surface area (Å²) < 4.78 is 3.08. The smallest absolute Gasteiger partial charge is 0.341 e. The largest absolute Gasteiger partial charge is 0.350 e. The highest BCUT2D eigenvalue weighted by Crippen LogP contribution is 2.30. The number of benzene rings is 2. The zero-order chi connectivity index (χ0) is 21.1. The Morgan fingerprint density at radius 2 is 1.77 bits per heavy atom. The zero-order valence-electron chi connectivity index (χ0n) is 17.6. The number of likely N-dealkylation sites (tertiary alicyclic amines) is 1. The van der Waals surface area contributed by atoms with Crippen molar-refractivity contribution >= 4 is 5.91 Å². The van der Waals surface area contributed by atoms with Crippen molar-refractivity contribution in [1.82, 2.24) is 19.2 Å². The minimum absolute atomic E-state index is 0.0325. The maximum absolute atomic E-state index is 13.4. The predicted molar refractivity (Wildman–Crippen MR) is 117 cm³/mol. The van der Waals surface area contributed by atoms with Gasteiger partial charge in [-0.15, -0.1) is 0 Å². The molecule has 0 radical (unpaired) electrons. The molecule has 1 aliphatic rings. The van der Waals surface area contributed by atoms with Gasteiger partial charge in [-0.05, 0) is 37.0 Å². The molecule has 1 aromatic heterocycles. The van der Waals surface area contributed by atoms with Gasteiger partial charge in [0.05, 0.1) is 11.6 Å². The average molecular weight is 405 g/mol. The molecule has 6 heteroatoms. The summed E-state index contributed by atoms with van der Waals surface area (Å²) in [6.45, 7) is 3.40. The molecular formula is C24H28N4O2. The van der Waals surface area contributed by atoms with E-state index in [1.165, 1.54) is 4.68 Å². The van der Waals surface area contributed by atoms with Crippen LogP contribution in [0.4, 0.5) is 0 Å². The van der Waals surface area contributed by atoms with Crippen LogP contribution < -0.4 is 5.69 Å². The second-order valence-electron chi connectivity index (χ2n) is 7.93. The molecule has 1 aliphatic heterocycles. The second-order valence-corrected chi connectivity index (χ2v) is 7.93. The maximum atomic E-state index is 13.4. The van der Waals surface area contributed by atoms with Gasteiger partial charge in [0.15, 0.2) is 0 Å². The van der Waals surface area contributed by atoms with Crippen LogP contribution in [0.25, 0.3) is 5.69 Å². The molecule has 1 saturated heterocycles. The van der Waals surface area contributed by atoms with Gasteiger partial charge in [0, 0.05) is 26.1 Å². The molecule has 2 heterocycles. The normalized spacial score (nSPS) is 17.7. The molecule has 2 atom stereocenters. The molecule has 2 unspecified atom stereocenters. The summed E-state index contributed by atoms with van der Waals surface area (Å²) in [5, 5.41) is 4.56. The quantitative estimate of drug-likeness (QED) is 0.654. The molecule has 156 valence electrons. The SMILES string of the molecule is CCC(C(=O)N1CCCC(c2nn(C)c(=O)n2-c2ccccc2)C1)c1ccccc1. The van der Waals surface area contributed by atoms with Crippen LogP contribution in [-0.4, -0.2) is 38.2 Å². The molecule has 4 rings (SSSR count). The van der Waals surface area contributed by atoms with E-state index in [0.717, 1.165) is 42.9 Å². The van der Waals surface area contributed by atoms with Crippen LogP contribution in [0.1, 0.15) is 49.4 Å². The fourth-order valence-electron chi connectivity index (χ4n) is 4.41. The summed E-state index contributed by atoms with van der Waals surface area (Å²) in [6.07, 6.45) is 2.58. The Hall–Kier alpha value is -3.15. The number of piperidine rings is 1. The van der Waals surface area contributed by atoms with E-state index in [1.54, 1.807) is 11.6 Å². The van der Waals surface area contributed by atoms with Crippen molar-refractivity contribution in [2.45, 2.75) is 38.0 Å². The van der Waals surface area contributed by atoms with E-state index in [4.69, 9.17) is 0 Å². The number of aromatic nitrogens is 3. The van der Waals surface area contributed by atoms with E-state index in [2.05, 4.69) is 12.0 Å². The molecule has 0 N–H and O–H groups in total. The lowest BCUT2D eigenvalue weighted by Crippen LogP contribution is -2.42. The van der Waals surface area contributed by atoms with E-state index in [0.29, 0.717) is 6.54 Å². The Kier molecular flexibility index (Phi) is 5.84.